The van der Waals surface area contributed by atoms with Gasteiger partial charge >= 0.3 is 0 Å². The molecule has 6 fully saturated rings. The van der Waals surface area contributed by atoms with E-state index in [4.69, 9.17) is 4.74 Å². The molecule has 3 N–H and O–H groups in total. The minimum absolute atomic E-state index is 0.0929. The highest BCUT2D eigenvalue weighted by molar-refractivity contribution is 5.20. The maximum absolute atomic E-state index is 11.0. The van der Waals surface area contributed by atoms with Crippen molar-refractivity contribution in [2.45, 2.75) is 76.6 Å². The van der Waals surface area contributed by atoms with Crippen LogP contribution in [-0.2, 0) is 4.74 Å². The average Bonchev–Trinajstić information content (AvgIpc) is 2.76. The molecule has 6 aliphatic rings. The van der Waals surface area contributed by atoms with Crippen molar-refractivity contribution < 1.29 is 20.1 Å². The minimum Gasteiger partial charge on any atom is -0.393 e. The van der Waals surface area contributed by atoms with Gasteiger partial charge in [-0.1, -0.05) is 13.8 Å². The molecule has 2 heterocycles. The normalized spacial score (nSPS) is 60.6. The van der Waals surface area contributed by atoms with Gasteiger partial charge in [0.2, 0.25) is 0 Å². The Labute approximate surface area is 144 Å². The van der Waals surface area contributed by atoms with Crippen molar-refractivity contribution in [1.82, 2.24) is 0 Å². The molecular formula is C20H32O4. The fourth-order valence-corrected chi connectivity index (χ4v) is 8.44. The van der Waals surface area contributed by atoms with Crippen molar-refractivity contribution in [3.8, 4) is 0 Å². The third-order valence-electron chi connectivity index (χ3n) is 9.59. The molecule has 24 heavy (non-hydrogen) atoms. The molecule has 0 aromatic heterocycles. The van der Waals surface area contributed by atoms with Crippen molar-refractivity contribution in [2.24, 2.45) is 34.0 Å². The van der Waals surface area contributed by atoms with Crippen molar-refractivity contribution in [3.05, 3.63) is 0 Å². The standard InChI is InChI=1S/C20H32O4/c1-16(2)14-5-6-17-9-13(19(22,10-17)11-21)3-4-15(17)18(14)7-8-20(16,23)24-12-18/h13-15,21-23H,3-12H2,1-2H3/t13-,14?,15-,17+,18+,19?,20-/m1/s1. The van der Waals surface area contributed by atoms with E-state index in [0.29, 0.717) is 18.4 Å². The summed E-state index contributed by atoms with van der Waals surface area (Å²) in [4.78, 5) is 0. The second kappa shape index (κ2) is 4.39. The summed E-state index contributed by atoms with van der Waals surface area (Å²) in [5.74, 6) is 0.393. The molecule has 136 valence electrons. The number of aliphatic hydroxyl groups is 3. The highest BCUT2D eigenvalue weighted by Gasteiger charge is 2.73. The molecule has 2 unspecified atom stereocenters. The Bertz CT molecular complexity index is 564. The summed E-state index contributed by atoms with van der Waals surface area (Å²) in [5, 5.41) is 31.9. The fourth-order valence-electron chi connectivity index (χ4n) is 8.44. The molecule has 7 atom stereocenters. The SMILES string of the molecule is CC1(C)C2CC[C@@]34C[C@@H](CC[C@H]3[C@]23CC[C@@]1(O)OC3)C(O)(CO)C4. The van der Waals surface area contributed by atoms with E-state index in [1.54, 1.807) is 0 Å². The molecule has 2 saturated heterocycles. The molecule has 4 bridgehead atoms. The van der Waals surface area contributed by atoms with E-state index >= 15 is 0 Å². The molecule has 0 radical (unpaired) electrons. The zero-order chi connectivity index (χ0) is 17.0. The van der Waals surface area contributed by atoms with E-state index < -0.39 is 11.4 Å². The number of hydrogen-bond acceptors (Lipinski definition) is 4. The van der Waals surface area contributed by atoms with Crippen molar-refractivity contribution in [1.29, 1.82) is 0 Å². The number of fused-ring (bicyclic) bond motifs is 3. The van der Waals surface area contributed by atoms with Gasteiger partial charge in [0.15, 0.2) is 5.79 Å². The van der Waals surface area contributed by atoms with Crippen molar-refractivity contribution in [3.63, 3.8) is 0 Å². The molecule has 4 nitrogen and oxygen atoms in total. The summed E-state index contributed by atoms with van der Waals surface area (Å²) in [6, 6.07) is 0. The van der Waals surface area contributed by atoms with Gasteiger partial charge < -0.3 is 20.1 Å². The summed E-state index contributed by atoms with van der Waals surface area (Å²) < 4.78 is 6.11. The van der Waals surface area contributed by atoms with Crippen LogP contribution in [0.5, 0.6) is 0 Å². The molecule has 0 amide bonds. The molecule has 6 rings (SSSR count). The first-order valence-electron chi connectivity index (χ1n) is 9.91. The summed E-state index contributed by atoms with van der Waals surface area (Å²) in [7, 11) is 0. The second-order valence-corrected chi connectivity index (χ2v) is 10.5. The molecule has 4 aliphatic carbocycles. The topological polar surface area (TPSA) is 69.9 Å². The van der Waals surface area contributed by atoms with Crippen LogP contribution in [0.2, 0.25) is 0 Å². The highest BCUT2D eigenvalue weighted by Crippen LogP contribution is 2.75. The van der Waals surface area contributed by atoms with Crippen LogP contribution in [0.15, 0.2) is 0 Å². The maximum Gasteiger partial charge on any atom is 0.170 e. The van der Waals surface area contributed by atoms with Crippen LogP contribution in [0.4, 0.5) is 0 Å². The largest absolute Gasteiger partial charge is 0.393 e. The van der Waals surface area contributed by atoms with Crippen LogP contribution in [0.25, 0.3) is 0 Å². The van der Waals surface area contributed by atoms with Crippen LogP contribution < -0.4 is 0 Å². The minimum atomic E-state index is -0.956. The van der Waals surface area contributed by atoms with Gasteiger partial charge in [0.25, 0.3) is 0 Å². The van der Waals surface area contributed by atoms with Gasteiger partial charge in [-0.25, -0.2) is 0 Å². The first-order valence-corrected chi connectivity index (χ1v) is 9.91. The first kappa shape index (κ1) is 16.0. The lowest BCUT2D eigenvalue weighted by Gasteiger charge is -2.71. The lowest BCUT2D eigenvalue weighted by atomic mass is 9.38. The van der Waals surface area contributed by atoms with Gasteiger partial charge in [0.1, 0.15) is 0 Å². The number of aliphatic hydroxyl groups excluding tert-OH is 1. The second-order valence-electron chi connectivity index (χ2n) is 10.5. The monoisotopic (exact) mass is 336 g/mol. The predicted octanol–water partition coefficient (Wildman–Crippen LogP) is 2.45. The molecule has 4 heteroatoms. The van der Waals surface area contributed by atoms with Crippen molar-refractivity contribution >= 4 is 0 Å². The Morgan fingerprint density at radius 3 is 2.46 bits per heavy atom. The zero-order valence-electron chi connectivity index (χ0n) is 15.1. The van der Waals surface area contributed by atoms with Gasteiger partial charge in [-0.05, 0) is 68.1 Å². The van der Waals surface area contributed by atoms with E-state index in [2.05, 4.69) is 13.8 Å². The summed E-state index contributed by atoms with van der Waals surface area (Å²) in [5.41, 5.74) is -0.715. The lowest BCUT2D eigenvalue weighted by molar-refractivity contribution is -0.393. The Morgan fingerprint density at radius 2 is 1.79 bits per heavy atom. The van der Waals surface area contributed by atoms with E-state index in [9.17, 15) is 15.3 Å². The summed E-state index contributed by atoms with van der Waals surface area (Å²) >= 11 is 0. The Kier molecular flexibility index (Phi) is 2.93. The zero-order valence-corrected chi connectivity index (χ0v) is 15.1. The van der Waals surface area contributed by atoms with E-state index in [1.807, 2.05) is 0 Å². The summed E-state index contributed by atoms with van der Waals surface area (Å²) in [6.45, 7) is 5.00. The van der Waals surface area contributed by atoms with Crippen molar-refractivity contribution in [2.75, 3.05) is 13.2 Å². The highest BCUT2D eigenvalue weighted by atomic mass is 16.6. The molecule has 0 aromatic carbocycles. The fraction of sp³-hybridized carbons (Fsp3) is 1.00. The van der Waals surface area contributed by atoms with Gasteiger partial charge in [-0.15, -0.1) is 0 Å². The number of ether oxygens (including phenoxy) is 1. The van der Waals surface area contributed by atoms with E-state index in [-0.39, 0.29) is 28.8 Å². The molecule has 2 spiro atoms. The Hall–Kier alpha value is -0.160. The van der Waals surface area contributed by atoms with E-state index in [1.165, 1.54) is 0 Å². The van der Waals surface area contributed by atoms with Crippen LogP contribution >= 0.6 is 0 Å². The molecule has 2 aliphatic heterocycles. The van der Waals surface area contributed by atoms with Gasteiger partial charge in [-0.2, -0.15) is 0 Å². The van der Waals surface area contributed by atoms with E-state index in [0.717, 1.165) is 51.4 Å². The average molecular weight is 336 g/mol. The van der Waals surface area contributed by atoms with Crippen LogP contribution in [0.3, 0.4) is 0 Å². The Morgan fingerprint density at radius 1 is 1.00 bits per heavy atom. The lowest BCUT2D eigenvalue weighted by Crippen LogP contribution is -2.71. The van der Waals surface area contributed by atoms with Gasteiger partial charge in [0, 0.05) is 17.3 Å². The van der Waals surface area contributed by atoms with Crippen LogP contribution in [-0.4, -0.2) is 39.9 Å². The molecule has 0 aromatic rings. The van der Waals surface area contributed by atoms with Gasteiger partial charge in [-0.3, -0.25) is 0 Å². The van der Waals surface area contributed by atoms with Crippen LogP contribution in [0.1, 0.15) is 65.2 Å². The predicted molar refractivity (Wildman–Crippen MR) is 89.0 cm³/mol. The van der Waals surface area contributed by atoms with Crippen LogP contribution in [0, 0.1) is 34.0 Å². The summed E-state index contributed by atoms with van der Waals surface area (Å²) in [6.07, 6.45) is 8.11. The molecular weight excluding hydrogens is 304 g/mol. The maximum atomic E-state index is 11.0. The number of rotatable bonds is 1. The smallest absolute Gasteiger partial charge is 0.170 e. The molecule has 4 saturated carbocycles. The quantitative estimate of drug-likeness (QED) is 0.688. The third-order valence-corrected chi connectivity index (χ3v) is 9.59. The number of hydrogen-bond donors (Lipinski definition) is 3. The first-order chi connectivity index (χ1) is 11.2. The van der Waals surface area contributed by atoms with Gasteiger partial charge in [0.05, 0.1) is 18.8 Å². The Balaban J connectivity index is 1.58. The third kappa shape index (κ3) is 1.57.